The minimum atomic E-state index is 0.00163. The fourth-order valence-corrected chi connectivity index (χ4v) is 2.00. The molecule has 0 saturated carbocycles. The number of fused-ring (bicyclic) bond motifs is 1. The molecular formula is C10H13N5O. The van der Waals surface area contributed by atoms with E-state index in [0.29, 0.717) is 18.2 Å². The van der Waals surface area contributed by atoms with Crippen LogP contribution in [0.25, 0.3) is 0 Å². The van der Waals surface area contributed by atoms with Crippen LogP contribution in [0.3, 0.4) is 0 Å². The fraction of sp³-hybridized carbons (Fsp3) is 0.500. The van der Waals surface area contributed by atoms with E-state index in [-0.39, 0.29) is 5.91 Å². The first-order valence-electron chi connectivity index (χ1n) is 5.44. The first-order chi connectivity index (χ1) is 7.83. The highest BCUT2D eigenvalue weighted by atomic mass is 16.1. The lowest BCUT2D eigenvalue weighted by Gasteiger charge is -2.27. The zero-order chi connectivity index (χ0) is 11.0. The predicted octanol–water partition coefficient (Wildman–Crippen LogP) is -0.619. The van der Waals surface area contributed by atoms with Gasteiger partial charge in [-0.15, -0.1) is 0 Å². The largest absolute Gasteiger partial charge is 0.338 e. The molecule has 1 amide bonds. The molecule has 1 aromatic heterocycles. The summed E-state index contributed by atoms with van der Waals surface area (Å²) < 4.78 is 0. The highest BCUT2D eigenvalue weighted by Crippen LogP contribution is 2.21. The van der Waals surface area contributed by atoms with E-state index in [4.69, 9.17) is 0 Å². The second-order valence-electron chi connectivity index (χ2n) is 4.01. The van der Waals surface area contributed by atoms with Gasteiger partial charge in [-0.2, -0.15) is 4.98 Å². The number of nitrogens with one attached hydrogen (secondary N) is 2. The van der Waals surface area contributed by atoms with E-state index in [1.807, 2.05) is 0 Å². The van der Waals surface area contributed by atoms with E-state index in [9.17, 15) is 4.79 Å². The third-order valence-corrected chi connectivity index (χ3v) is 2.86. The average Bonchev–Trinajstić information content (AvgIpc) is 2.69. The monoisotopic (exact) mass is 219 g/mol. The number of amides is 1. The van der Waals surface area contributed by atoms with Gasteiger partial charge in [-0.05, 0) is 0 Å². The summed E-state index contributed by atoms with van der Waals surface area (Å²) in [5.74, 6) is 1.39. The van der Waals surface area contributed by atoms with Crippen molar-refractivity contribution in [3.63, 3.8) is 0 Å². The SMILES string of the molecule is O=C1Cc2cnc(N3CCNCC3)nc2N1. The molecule has 1 saturated heterocycles. The fourth-order valence-electron chi connectivity index (χ4n) is 2.00. The summed E-state index contributed by atoms with van der Waals surface area (Å²) in [6, 6.07) is 0. The van der Waals surface area contributed by atoms with Gasteiger partial charge in [0.25, 0.3) is 0 Å². The van der Waals surface area contributed by atoms with Crippen molar-refractivity contribution in [2.45, 2.75) is 6.42 Å². The van der Waals surface area contributed by atoms with Crippen LogP contribution in [0.2, 0.25) is 0 Å². The molecule has 0 aliphatic carbocycles. The summed E-state index contributed by atoms with van der Waals surface area (Å²) in [4.78, 5) is 22.0. The smallest absolute Gasteiger partial charge is 0.230 e. The normalized spacial score (nSPS) is 19.5. The maximum atomic E-state index is 11.2. The van der Waals surface area contributed by atoms with Gasteiger partial charge in [-0.3, -0.25) is 4.79 Å². The zero-order valence-electron chi connectivity index (χ0n) is 8.86. The molecule has 84 valence electrons. The van der Waals surface area contributed by atoms with Gasteiger partial charge >= 0.3 is 0 Å². The van der Waals surface area contributed by atoms with Crippen LogP contribution in [0.15, 0.2) is 6.20 Å². The topological polar surface area (TPSA) is 70.2 Å². The second-order valence-corrected chi connectivity index (χ2v) is 4.01. The van der Waals surface area contributed by atoms with Crippen molar-refractivity contribution >= 4 is 17.7 Å². The Morgan fingerprint density at radius 2 is 2.12 bits per heavy atom. The van der Waals surface area contributed by atoms with Crippen LogP contribution >= 0.6 is 0 Å². The Labute approximate surface area is 93.1 Å². The summed E-state index contributed by atoms with van der Waals surface area (Å²) in [7, 11) is 0. The van der Waals surface area contributed by atoms with Crippen LogP contribution in [0, 0.1) is 0 Å². The molecule has 0 atom stereocenters. The van der Waals surface area contributed by atoms with Gasteiger partial charge in [0.1, 0.15) is 5.82 Å². The molecule has 0 radical (unpaired) electrons. The van der Waals surface area contributed by atoms with Gasteiger partial charge < -0.3 is 15.5 Å². The molecule has 0 spiro atoms. The molecule has 2 N–H and O–H groups in total. The highest BCUT2D eigenvalue weighted by Gasteiger charge is 2.21. The molecule has 6 heteroatoms. The van der Waals surface area contributed by atoms with Gasteiger partial charge in [-0.1, -0.05) is 0 Å². The molecule has 2 aliphatic heterocycles. The van der Waals surface area contributed by atoms with Gasteiger partial charge in [-0.25, -0.2) is 4.98 Å². The molecule has 0 unspecified atom stereocenters. The average molecular weight is 219 g/mol. The van der Waals surface area contributed by atoms with Gasteiger partial charge in [0.05, 0.1) is 6.42 Å². The maximum absolute atomic E-state index is 11.2. The summed E-state index contributed by atoms with van der Waals surface area (Å²) in [6.07, 6.45) is 2.15. The standard InChI is InChI=1S/C10H13N5O/c16-8-5-7-6-12-10(14-9(7)13-8)15-3-1-11-2-4-15/h6,11H,1-5H2,(H,12,13,14,16). The van der Waals surface area contributed by atoms with Crippen molar-refractivity contribution in [2.24, 2.45) is 0 Å². The van der Waals surface area contributed by atoms with Gasteiger partial charge in [0, 0.05) is 37.9 Å². The molecule has 16 heavy (non-hydrogen) atoms. The summed E-state index contributed by atoms with van der Waals surface area (Å²) >= 11 is 0. The van der Waals surface area contributed by atoms with Crippen molar-refractivity contribution in [3.8, 4) is 0 Å². The van der Waals surface area contributed by atoms with Crippen molar-refractivity contribution in [3.05, 3.63) is 11.8 Å². The Balaban J connectivity index is 1.86. The van der Waals surface area contributed by atoms with Crippen LogP contribution in [0.1, 0.15) is 5.56 Å². The minimum Gasteiger partial charge on any atom is -0.338 e. The number of carbonyl (C=O) groups is 1. The van der Waals surface area contributed by atoms with Crippen molar-refractivity contribution in [1.29, 1.82) is 0 Å². The maximum Gasteiger partial charge on any atom is 0.230 e. The zero-order valence-corrected chi connectivity index (χ0v) is 8.86. The molecule has 0 bridgehead atoms. The number of nitrogens with zero attached hydrogens (tertiary/aromatic N) is 3. The van der Waals surface area contributed by atoms with Crippen LogP contribution in [-0.4, -0.2) is 42.1 Å². The molecular weight excluding hydrogens is 206 g/mol. The Morgan fingerprint density at radius 1 is 1.31 bits per heavy atom. The number of carbonyl (C=O) groups excluding carboxylic acids is 1. The third kappa shape index (κ3) is 1.61. The van der Waals surface area contributed by atoms with Crippen molar-refractivity contribution < 1.29 is 4.79 Å². The first-order valence-corrected chi connectivity index (χ1v) is 5.44. The lowest BCUT2D eigenvalue weighted by Crippen LogP contribution is -2.44. The van der Waals surface area contributed by atoms with Gasteiger partial charge in [0.15, 0.2) is 0 Å². The number of aromatic nitrogens is 2. The Bertz CT molecular complexity index is 427. The molecule has 2 aliphatic rings. The first kappa shape index (κ1) is 9.53. The number of hydrogen-bond donors (Lipinski definition) is 2. The van der Waals surface area contributed by atoms with E-state index in [1.165, 1.54) is 0 Å². The summed E-state index contributed by atoms with van der Waals surface area (Å²) in [5, 5.41) is 6.02. The summed E-state index contributed by atoms with van der Waals surface area (Å²) in [6.45, 7) is 3.72. The highest BCUT2D eigenvalue weighted by molar-refractivity contribution is 5.97. The van der Waals surface area contributed by atoms with E-state index in [1.54, 1.807) is 6.20 Å². The Morgan fingerprint density at radius 3 is 2.94 bits per heavy atom. The number of piperazine rings is 1. The number of rotatable bonds is 1. The Kier molecular flexibility index (Phi) is 2.21. The second kappa shape index (κ2) is 3.71. The minimum absolute atomic E-state index is 0.00163. The van der Waals surface area contributed by atoms with E-state index in [0.717, 1.165) is 31.7 Å². The van der Waals surface area contributed by atoms with Crippen LogP contribution in [-0.2, 0) is 11.2 Å². The number of anilines is 2. The third-order valence-electron chi connectivity index (χ3n) is 2.86. The molecule has 0 aromatic carbocycles. The van der Waals surface area contributed by atoms with Crippen molar-refractivity contribution in [1.82, 2.24) is 15.3 Å². The molecule has 3 heterocycles. The van der Waals surface area contributed by atoms with Crippen molar-refractivity contribution in [2.75, 3.05) is 36.4 Å². The molecule has 6 nitrogen and oxygen atoms in total. The molecule has 1 aromatic rings. The predicted molar refractivity (Wildman–Crippen MR) is 59.4 cm³/mol. The quantitative estimate of drug-likeness (QED) is 0.659. The van der Waals surface area contributed by atoms with Crippen LogP contribution in [0.4, 0.5) is 11.8 Å². The van der Waals surface area contributed by atoms with E-state index < -0.39 is 0 Å². The van der Waals surface area contributed by atoms with Crippen LogP contribution < -0.4 is 15.5 Å². The molecule has 1 fully saturated rings. The Hall–Kier alpha value is -1.69. The van der Waals surface area contributed by atoms with E-state index in [2.05, 4.69) is 25.5 Å². The lowest BCUT2D eigenvalue weighted by molar-refractivity contribution is -0.115. The number of hydrogen-bond acceptors (Lipinski definition) is 5. The van der Waals surface area contributed by atoms with Gasteiger partial charge in [0.2, 0.25) is 11.9 Å². The lowest BCUT2D eigenvalue weighted by atomic mass is 10.3. The summed E-state index contributed by atoms with van der Waals surface area (Å²) in [5.41, 5.74) is 0.892. The van der Waals surface area contributed by atoms with E-state index >= 15 is 0 Å². The molecule has 3 rings (SSSR count). The van der Waals surface area contributed by atoms with Crippen LogP contribution in [0.5, 0.6) is 0 Å².